The number of ether oxygens (including phenoxy) is 3. The summed E-state index contributed by atoms with van der Waals surface area (Å²) in [6.45, 7) is 5.08. The van der Waals surface area contributed by atoms with Crippen LogP contribution in [0.4, 0.5) is 24.5 Å². The Hall–Kier alpha value is -4.63. The summed E-state index contributed by atoms with van der Waals surface area (Å²) >= 11 is 6.21. The van der Waals surface area contributed by atoms with Crippen molar-refractivity contribution in [2.24, 2.45) is 5.16 Å². The van der Waals surface area contributed by atoms with E-state index in [2.05, 4.69) is 15.2 Å². The molecule has 0 bridgehead atoms. The summed E-state index contributed by atoms with van der Waals surface area (Å²) in [6, 6.07) is 14.8. The number of alkyl halides is 3. The number of nitrogens with zero attached hydrogens (tertiary/aromatic N) is 3. The van der Waals surface area contributed by atoms with E-state index in [1.807, 2.05) is 6.07 Å². The van der Waals surface area contributed by atoms with Gasteiger partial charge in [0.2, 0.25) is 5.60 Å². The van der Waals surface area contributed by atoms with Crippen molar-refractivity contribution in [2.45, 2.75) is 45.2 Å². The van der Waals surface area contributed by atoms with E-state index in [-0.39, 0.29) is 6.54 Å². The molecule has 1 amide bonds. The molecule has 13 heteroatoms. The lowest BCUT2D eigenvalue weighted by atomic mass is 10.0. The summed E-state index contributed by atoms with van der Waals surface area (Å²) in [6.07, 6.45) is -4.45. The number of carbonyl (C=O) groups excluding carboxylic acids is 1. The van der Waals surface area contributed by atoms with Crippen molar-refractivity contribution in [1.82, 2.24) is 0 Å². The predicted molar refractivity (Wildman–Crippen MR) is 160 cm³/mol. The number of anilines is 2. The van der Waals surface area contributed by atoms with Gasteiger partial charge in [0.25, 0.3) is 5.91 Å². The fourth-order valence-corrected chi connectivity index (χ4v) is 4.73. The van der Waals surface area contributed by atoms with Crippen LogP contribution in [0.1, 0.15) is 43.5 Å². The Kier molecular flexibility index (Phi) is 9.49. The Labute approximate surface area is 257 Å². The maximum atomic E-state index is 14.3. The SMILES string of the molecule is COc1cc(NC(C(=O)N2CCc3ccc(OC(F)(F)F)cc32)c2ccc(Cl)cc2OC)cc(/C(C)=N/OC(C)(C)C#N)c1. The van der Waals surface area contributed by atoms with Crippen molar-refractivity contribution < 1.29 is 37.0 Å². The first-order valence-corrected chi connectivity index (χ1v) is 13.7. The van der Waals surface area contributed by atoms with E-state index in [9.17, 15) is 23.2 Å². The Bertz CT molecular complexity index is 1620. The summed E-state index contributed by atoms with van der Waals surface area (Å²) < 4.78 is 54.0. The topological polar surface area (TPSA) is 105 Å². The van der Waals surface area contributed by atoms with Gasteiger partial charge in [-0.05, 0) is 63.1 Å². The number of rotatable bonds is 10. The van der Waals surface area contributed by atoms with Crippen molar-refractivity contribution in [2.75, 3.05) is 31.0 Å². The molecule has 1 aliphatic rings. The summed E-state index contributed by atoms with van der Waals surface area (Å²) in [5.41, 5.74) is 1.77. The molecular weight excluding hydrogens is 601 g/mol. The van der Waals surface area contributed by atoms with Crippen LogP contribution in [-0.2, 0) is 16.1 Å². The van der Waals surface area contributed by atoms with E-state index in [4.69, 9.17) is 25.9 Å². The molecule has 3 aromatic rings. The first-order valence-electron chi connectivity index (χ1n) is 13.4. The molecule has 0 aliphatic carbocycles. The van der Waals surface area contributed by atoms with E-state index in [1.165, 1.54) is 37.3 Å². The zero-order chi connectivity index (χ0) is 32.2. The van der Waals surface area contributed by atoms with E-state index in [0.717, 1.165) is 0 Å². The molecule has 0 aromatic heterocycles. The van der Waals surface area contributed by atoms with Crippen molar-refractivity contribution in [1.29, 1.82) is 5.26 Å². The van der Waals surface area contributed by atoms with Gasteiger partial charge in [-0.2, -0.15) is 5.26 Å². The van der Waals surface area contributed by atoms with Crippen LogP contribution < -0.4 is 24.4 Å². The van der Waals surface area contributed by atoms with E-state index < -0.39 is 29.7 Å². The fourth-order valence-electron chi connectivity index (χ4n) is 4.57. The predicted octanol–water partition coefficient (Wildman–Crippen LogP) is 7.04. The third-order valence-corrected chi connectivity index (χ3v) is 6.99. The number of fused-ring (bicyclic) bond motifs is 1. The lowest BCUT2D eigenvalue weighted by Gasteiger charge is -2.27. The van der Waals surface area contributed by atoms with Crippen molar-refractivity contribution >= 4 is 34.6 Å². The smallest absolute Gasteiger partial charge is 0.497 e. The molecule has 4 rings (SSSR count). The molecule has 1 atom stereocenters. The molecule has 0 fully saturated rings. The van der Waals surface area contributed by atoms with Crippen molar-refractivity contribution in [3.63, 3.8) is 0 Å². The van der Waals surface area contributed by atoms with E-state index in [1.54, 1.807) is 57.2 Å². The molecule has 9 nitrogen and oxygen atoms in total. The molecule has 0 saturated carbocycles. The summed E-state index contributed by atoms with van der Waals surface area (Å²) in [4.78, 5) is 21.1. The van der Waals surface area contributed by atoms with Gasteiger partial charge >= 0.3 is 6.36 Å². The van der Waals surface area contributed by atoms with E-state index in [0.29, 0.717) is 56.7 Å². The highest BCUT2D eigenvalue weighted by Gasteiger charge is 2.35. The molecule has 1 aliphatic heterocycles. The highest BCUT2D eigenvalue weighted by molar-refractivity contribution is 6.30. The van der Waals surface area contributed by atoms with Gasteiger partial charge in [0.1, 0.15) is 29.4 Å². The molecule has 0 saturated heterocycles. The van der Waals surface area contributed by atoms with Crippen LogP contribution in [-0.4, -0.2) is 44.3 Å². The Balaban J connectivity index is 1.76. The van der Waals surface area contributed by atoms with Gasteiger partial charge in [-0.3, -0.25) is 4.79 Å². The minimum Gasteiger partial charge on any atom is -0.497 e. The van der Waals surface area contributed by atoms with Gasteiger partial charge in [0.15, 0.2) is 0 Å². The molecule has 1 heterocycles. The van der Waals surface area contributed by atoms with Gasteiger partial charge in [0, 0.05) is 40.5 Å². The number of halogens is 4. The number of hydrogen-bond donors (Lipinski definition) is 1. The quantitative estimate of drug-likeness (QED) is 0.189. The largest absolute Gasteiger partial charge is 0.573 e. The van der Waals surface area contributed by atoms with Crippen molar-refractivity contribution in [3.05, 3.63) is 76.3 Å². The van der Waals surface area contributed by atoms with Crippen LogP contribution >= 0.6 is 11.6 Å². The molecule has 1 N–H and O–H groups in total. The summed E-state index contributed by atoms with van der Waals surface area (Å²) in [7, 11) is 2.92. The van der Waals surface area contributed by atoms with Gasteiger partial charge in [-0.25, -0.2) is 0 Å². The van der Waals surface area contributed by atoms with Crippen molar-refractivity contribution in [3.8, 4) is 23.3 Å². The molecule has 0 spiro atoms. The minimum atomic E-state index is -4.89. The second-order valence-corrected chi connectivity index (χ2v) is 10.8. The van der Waals surface area contributed by atoms with E-state index >= 15 is 0 Å². The maximum Gasteiger partial charge on any atom is 0.573 e. The highest BCUT2D eigenvalue weighted by Crippen LogP contribution is 2.38. The van der Waals surface area contributed by atoms with Crippen LogP contribution in [0.5, 0.6) is 17.2 Å². The van der Waals surface area contributed by atoms with Crippen LogP contribution in [0.3, 0.4) is 0 Å². The number of oxime groups is 1. The minimum absolute atomic E-state index is 0.235. The molecule has 232 valence electrons. The lowest BCUT2D eigenvalue weighted by Crippen LogP contribution is -2.37. The second-order valence-electron chi connectivity index (χ2n) is 10.4. The summed E-state index contributed by atoms with van der Waals surface area (Å²) in [5, 5.41) is 17.0. The first kappa shape index (κ1) is 32.3. The van der Waals surface area contributed by atoms with Crippen LogP contribution in [0.15, 0.2) is 59.8 Å². The third kappa shape index (κ3) is 7.65. The Morgan fingerprint density at radius 1 is 1.07 bits per heavy atom. The Morgan fingerprint density at radius 3 is 2.48 bits per heavy atom. The number of nitrogens with one attached hydrogen (secondary N) is 1. The molecule has 0 radical (unpaired) electrons. The number of methoxy groups -OCH3 is 2. The number of amides is 1. The lowest BCUT2D eigenvalue weighted by molar-refractivity contribution is -0.274. The normalized spacial score (nSPS) is 13.9. The molecule has 3 aromatic carbocycles. The van der Waals surface area contributed by atoms with Gasteiger partial charge in [0.05, 0.1) is 25.6 Å². The molecule has 1 unspecified atom stereocenters. The molecule has 44 heavy (non-hydrogen) atoms. The Morgan fingerprint density at radius 2 is 1.82 bits per heavy atom. The standard InChI is InChI=1S/C31H30ClF3N4O5/c1-18(38-44-30(2,3)17-36)20-12-22(15-24(13-20)41-4)37-28(25-9-7-21(32)14-27(25)42-5)29(40)39-11-10-19-6-8-23(16-26(19)39)43-31(33,34)35/h6-9,12-16,28,37H,10-11H2,1-5H3/b38-18+. The first-order chi connectivity index (χ1) is 20.7. The maximum absolute atomic E-state index is 14.3. The van der Waals surface area contributed by atoms with Gasteiger partial charge < -0.3 is 29.3 Å². The molecular formula is C31H30ClF3N4O5. The van der Waals surface area contributed by atoms with Crippen LogP contribution in [0.25, 0.3) is 0 Å². The third-order valence-electron chi connectivity index (χ3n) is 6.76. The second kappa shape index (κ2) is 12.9. The zero-order valence-corrected chi connectivity index (χ0v) is 25.3. The van der Waals surface area contributed by atoms with Gasteiger partial charge in [-0.15, -0.1) is 13.2 Å². The zero-order valence-electron chi connectivity index (χ0n) is 24.6. The number of nitriles is 1. The highest BCUT2D eigenvalue weighted by atomic mass is 35.5. The average molecular weight is 631 g/mol. The van der Waals surface area contributed by atoms with Crippen LogP contribution in [0.2, 0.25) is 5.02 Å². The monoisotopic (exact) mass is 630 g/mol. The fraction of sp³-hybridized carbons (Fsp3) is 0.323. The number of carbonyl (C=O) groups is 1. The van der Waals surface area contributed by atoms with Gasteiger partial charge in [-0.1, -0.05) is 28.9 Å². The number of hydrogen-bond acceptors (Lipinski definition) is 8. The summed E-state index contributed by atoms with van der Waals surface area (Å²) in [5.74, 6) is -0.125. The average Bonchev–Trinajstić information content (AvgIpc) is 3.40. The van der Waals surface area contributed by atoms with Crippen LogP contribution in [0, 0.1) is 11.3 Å². The number of benzene rings is 3.